The molecule has 5 nitrogen and oxygen atoms in total. The number of aromatic hydroxyl groups is 1. The number of benzene rings is 2. The van der Waals surface area contributed by atoms with Crippen LogP contribution in [0.5, 0.6) is 11.5 Å². The number of phenolic OH excluding ortho intramolecular Hbond substituents is 1. The van der Waals surface area contributed by atoms with E-state index >= 15 is 0 Å². The second-order valence-electron chi connectivity index (χ2n) is 6.59. The monoisotopic (exact) mass is 503 g/mol. The minimum absolute atomic E-state index is 0.147. The second-order valence-corrected chi connectivity index (χ2v) is 10.9. The van der Waals surface area contributed by atoms with Crippen LogP contribution in [-0.2, 0) is 4.79 Å². The Labute approximate surface area is 183 Å². The minimum Gasteiger partial charge on any atom is -0.872 e. The number of carbonyl (C=O) groups excluding carboxylic acids is 1. The molecule has 0 saturated carbocycles. The van der Waals surface area contributed by atoms with E-state index < -0.39 is 17.8 Å². The first-order valence-electron chi connectivity index (χ1n) is 9.99. The number of carboxylic acid groups (broad SMARTS) is 1. The van der Waals surface area contributed by atoms with E-state index in [-0.39, 0.29) is 32.5 Å². The Bertz CT molecular complexity index is 744. The molecule has 0 aliphatic carbocycles. The van der Waals surface area contributed by atoms with E-state index in [0.29, 0.717) is 5.56 Å². The predicted molar refractivity (Wildman–Crippen MR) is 115 cm³/mol. The Kier molecular flexibility index (Phi) is 12.9. The van der Waals surface area contributed by atoms with Gasteiger partial charge in [0.05, 0.1) is 5.97 Å². The molecule has 0 bridgehead atoms. The summed E-state index contributed by atoms with van der Waals surface area (Å²) in [4.78, 5) is 15.0. The molecule has 0 unspecified atom stereocenters. The van der Waals surface area contributed by atoms with Crippen molar-refractivity contribution in [2.75, 3.05) is 0 Å². The van der Waals surface area contributed by atoms with Gasteiger partial charge in [-0.15, -0.1) is 0 Å². The first kappa shape index (κ1) is 25.0. The molecule has 0 spiro atoms. The summed E-state index contributed by atoms with van der Waals surface area (Å²) >= 11 is 0.149. The van der Waals surface area contributed by atoms with Gasteiger partial charge in [-0.1, -0.05) is 42.1 Å². The van der Waals surface area contributed by atoms with Crippen molar-refractivity contribution in [1.82, 2.24) is 0 Å². The van der Waals surface area contributed by atoms with E-state index in [0.717, 1.165) is 6.07 Å². The van der Waals surface area contributed by atoms with Crippen molar-refractivity contribution in [3.63, 3.8) is 0 Å². The molecule has 6 heteroatoms. The van der Waals surface area contributed by atoms with Gasteiger partial charge >= 0.3 is 69.5 Å². The predicted octanol–water partition coefficient (Wildman–Crippen LogP) is 3.50. The molecule has 2 rings (SSSR count). The minimum atomic E-state index is -1.35. The van der Waals surface area contributed by atoms with Crippen molar-refractivity contribution in [2.24, 2.45) is 4.99 Å². The van der Waals surface area contributed by atoms with Gasteiger partial charge in [-0.2, -0.15) is 0 Å². The van der Waals surface area contributed by atoms with Crippen molar-refractivity contribution in [3.05, 3.63) is 59.7 Å². The number of hydrogen-bond donors (Lipinski definition) is 1. The van der Waals surface area contributed by atoms with Crippen LogP contribution in [0.3, 0.4) is 0 Å². The Balaban J connectivity index is 0.000000396. The summed E-state index contributed by atoms with van der Waals surface area (Å²) in [6.07, 6.45) is 7.01. The molecule has 0 saturated heterocycles. The summed E-state index contributed by atoms with van der Waals surface area (Å²) in [5.41, 5.74) is 0.667. The summed E-state index contributed by atoms with van der Waals surface area (Å²) in [5.74, 6) is -1.93. The van der Waals surface area contributed by atoms with Crippen LogP contribution >= 0.6 is 0 Å². The third-order valence-corrected chi connectivity index (χ3v) is 8.15. The first-order chi connectivity index (χ1) is 14.0. The maximum Gasteiger partial charge on any atom is 0.115 e. The molecule has 1 atom stereocenters. The SMILES string of the molecule is CCC[CH2][Sn+2][CH2]CCC.O=C([O-])[C@@H](N=Cc1ccc(O)cc1[O-])c1ccccc1. The van der Waals surface area contributed by atoms with E-state index in [2.05, 4.69) is 18.8 Å². The van der Waals surface area contributed by atoms with Gasteiger partial charge in [0, 0.05) is 6.21 Å². The smallest absolute Gasteiger partial charge is 0.115 e. The van der Waals surface area contributed by atoms with Crippen LogP contribution in [0.4, 0.5) is 0 Å². The molecule has 0 aliphatic rings. The summed E-state index contributed by atoms with van der Waals surface area (Å²) in [6.45, 7) is 4.58. The zero-order valence-corrected chi connectivity index (χ0v) is 20.0. The molecule has 0 aliphatic heterocycles. The van der Waals surface area contributed by atoms with Gasteiger partial charge in [-0.25, -0.2) is 0 Å². The first-order valence-corrected chi connectivity index (χ1v) is 14.0. The topological polar surface area (TPSA) is 95.8 Å². The van der Waals surface area contributed by atoms with Crippen LogP contribution in [0.15, 0.2) is 53.5 Å². The largest absolute Gasteiger partial charge is 0.872 e. The number of rotatable bonds is 10. The van der Waals surface area contributed by atoms with E-state index in [4.69, 9.17) is 5.11 Å². The standard InChI is InChI=1S/C15H13NO4.2C4H9.Sn/c17-12-7-6-11(13(18)8-12)9-16-14(15(19)20)10-4-2-1-3-5-10;2*1-3-4-2;/h1-9,14,17-18H,(H,19,20);2*1,3-4H2,2H3;/q;;;+2/p-2/t14-;;;/m0.../s1. The summed E-state index contributed by atoms with van der Waals surface area (Å²) in [7, 11) is 0. The molecule has 2 aromatic carbocycles. The quantitative estimate of drug-likeness (QED) is 0.306. The molecule has 0 heterocycles. The van der Waals surface area contributed by atoms with Crippen molar-refractivity contribution in [3.8, 4) is 11.5 Å². The van der Waals surface area contributed by atoms with Crippen molar-refractivity contribution in [1.29, 1.82) is 0 Å². The molecule has 0 fully saturated rings. The molecule has 0 radical (unpaired) electrons. The number of carboxylic acids is 1. The van der Waals surface area contributed by atoms with Crippen LogP contribution in [0.1, 0.15) is 56.7 Å². The van der Waals surface area contributed by atoms with Crippen LogP contribution in [0.2, 0.25) is 8.87 Å². The summed E-state index contributed by atoms with van der Waals surface area (Å²) < 4.78 is 3.25. The van der Waals surface area contributed by atoms with Crippen molar-refractivity contribution >= 4 is 33.3 Å². The van der Waals surface area contributed by atoms with Gasteiger partial charge in [-0.05, 0) is 23.3 Å². The van der Waals surface area contributed by atoms with Crippen LogP contribution in [0, 0.1) is 0 Å². The fourth-order valence-electron chi connectivity index (χ4n) is 2.43. The van der Waals surface area contributed by atoms with Crippen molar-refractivity contribution < 1.29 is 20.1 Å². The molecule has 29 heavy (non-hydrogen) atoms. The number of carbonyl (C=O) groups is 1. The van der Waals surface area contributed by atoms with Gasteiger partial charge in [0.1, 0.15) is 11.8 Å². The summed E-state index contributed by atoms with van der Waals surface area (Å²) in [6, 6.07) is 11.0. The average molecular weight is 502 g/mol. The Hall–Kier alpha value is -2.02. The van der Waals surface area contributed by atoms with Gasteiger partial charge in [0.2, 0.25) is 0 Å². The Morgan fingerprint density at radius 1 is 1.10 bits per heavy atom. The van der Waals surface area contributed by atoms with Crippen LogP contribution in [0.25, 0.3) is 0 Å². The van der Waals surface area contributed by atoms with E-state index in [9.17, 15) is 15.0 Å². The molecule has 0 aromatic heterocycles. The van der Waals surface area contributed by atoms with Gasteiger partial charge in [0.15, 0.2) is 0 Å². The average Bonchev–Trinajstić information content (AvgIpc) is 2.71. The molecule has 154 valence electrons. The fraction of sp³-hybridized carbons (Fsp3) is 0.391. The zero-order chi connectivity index (χ0) is 21.5. The van der Waals surface area contributed by atoms with E-state index in [1.54, 1.807) is 39.2 Å². The number of unbranched alkanes of at least 4 members (excludes halogenated alkanes) is 2. The van der Waals surface area contributed by atoms with Crippen LogP contribution < -0.4 is 10.2 Å². The molecule has 2 aromatic rings. The number of aliphatic imine (C=N–C) groups is 1. The van der Waals surface area contributed by atoms with Gasteiger partial charge < -0.3 is 20.1 Å². The third-order valence-electron chi connectivity index (χ3n) is 4.11. The van der Waals surface area contributed by atoms with E-state index in [1.807, 2.05) is 0 Å². The second kappa shape index (κ2) is 14.9. The third kappa shape index (κ3) is 10.4. The maximum absolute atomic E-state index is 11.5. The molecular weight excluding hydrogens is 473 g/mol. The molecule has 1 N–H and O–H groups in total. The number of phenols is 1. The molecule has 0 amide bonds. The fourth-order valence-corrected chi connectivity index (χ4v) is 6.59. The number of hydrogen-bond acceptors (Lipinski definition) is 5. The molecular formula is C23H29NO4Sn. The van der Waals surface area contributed by atoms with Gasteiger partial charge in [-0.3, -0.25) is 4.99 Å². The zero-order valence-electron chi connectivity index (χ0n) is 17.1. The normalized spacial score (nSPS) is 11.4. The van der Waals surface area contributed by atoms with Crippen LogP contribution in [-0.4, -0.2) is 38.4 Å². The number of aliphatic carboxylic acids is 1. The summed E-state index contributed by atoms with van der Waals surface area (Å²) in [5, 5.41) is 31.8. The van der Waals surface area contributed by atoms with E-state index in [1.165, 1.54) is 44.0 Å². The van der Waals surface area contributed by atoms with Crippen molar-refractivity contribution in [2.45, 2.75) is 54.4 Å². The number of nitrogens with zero attached hydrogens (tertiary/aromatic N) is 1. The Morgan fingerprint density at radius 2 is 1.72 bits per heavy atom. The maximum atomic E-state index is 11.5. The Morgan fingerprint density at radius 3 is 2.24 bits per heavy atom. The van der Waals surface area contributed by atoms with Gasteiger partial charge in [0.25, 0.3) is 0 Å².